The van der Waals surface area contributed by atoms with Crippen LogP contribution in [-0.4, -0.2) is 45.8 Å². The molecule has 10 heteroatoms. The maximum atomic E-state index is 13.0. The van der Waals surface area contributed by atoms with E-state index >= 15 is 0 Å². The Kier molecular flexibility index (Phi) is 5.67. The van der Waals surface area contributed by atoms with Crippen molar-refractivity contribution in [3.05, 3.63) is 64.2 Å². The van der Waals surface area contributed by atoms with Gasteiger partial charge in [-0.25, -0.2) is 9.78 Å². The average molecular weight is 505 g/mol. The highest BCUT2D eigenvalue weighted by Gasteiger charge is 2.39. The summed E-state index contributed by atoms with van der Waals surface area (Å²) < 4.78 is 6.59. The monoisotopic (exact) mass is 504 g/mol. The van der Waals surface area contributed by atoms with Crippen molar-refractivity contribution in [2.24, 2.45) is 0 Å². The second-order valence-electron chi connectivity index (χ2n) is 9.52. The lowest BCUT2D eigenvalue weighted by Gasteiger charge is -2.35. The predicted octanol–water partition coefficient (Wildman–Crippen LogP) is 3.23. The smallest absolute Gasteiger partial charge is 0.407 e. The molecule has 36 heavy (non-hydrogen) atoms. The largest absolute Gasteiger partial charge is 0.445 e. The van der Waals surface area contributed by atoms with Gasteiger partial charge >= 0.3 is 6.09 Å². The Morgan fingerprint density at radius 3 is 2.89 bits per heavy atom. The van der Waals surface area contributed by atoms with Crippen LogP contribution in [0, 0.1) is 0 Å². The first-order valence-corrected chi connectivity index (χ1v) is 12.9. The topological polar surface area (TPSA) is 118 Å². The van der Waals surface area contributed by atoms with Crippen LogP contribution >= 0.6 is 11.3 Å². The van der Waals surface area contributed by atoms with E-state index in [2.05, 4.69) is 33.8 Å². The molecule has 3 heterocycles. The predicted molar refractivity (Wildman–Crippen MR) is 131 cm³/mol. The summed E-state index contributed by atoms with van der Waals surface area (Å²) in [5, 5.41) is 5.22. The lowest BCUT2D eigenvalue weighted by atomic mass is 9.75. The fourth-order valence-electron chi connectivity index (χ4n) is 5.28. The second kappa shape index (κ2) is 9.02. The quantitative estimate of drug-likeness (QED) is 0.515. The number of nitrogens with one attached hydrogen (secondary N) is 2. The van der Waals surface area contributed by atoms with Crippen molar-refractivity contribution in [1.82, 2.24) is 20.5 Å². The highest BCUT2D eigenvalue weighted by Crippen LogP contribution is 2.40. The van der Waals surface area contributed by atoms with Gasteiger partial charge in [0, 0.05) is 24.6 Å². The average Bonchev–Trinajstić information content (AvgIpc) is 3.45. The van der Waals surface area contributed by atoms with Crippen molar-refractivity contribution in [3.8, 4) is 0 Å². The van der Waals surface area contributed by atoms with Gasteiger partial charge in [0.15, 0.2) is 0 Å². The first-order chi connectivity index (χ1) is 17.5. The van der Waals surface area contributed by atoms with Crippen molar-refractivity contribution in [1.29, 1.82) is 0 Å². The first kappa shape index (κ1) is 22.7. The van der Waals surface area contributed by atoms with E-state index in [1.807, 2.05) is 17.6 Å². The minimum Gasteiger partial charge on any atom is -0.445 e. The molecule has 1 saturated carbocycles. The number of piperidine rings is 1. The van der Waals surface area contributed by atoms with Crippen LogP contribution in [0.1, 0.15) is 58.6 Å². The Morgan fingerprint density at radius 1 is 1.19 bits per heavy atom. The Labute approximate surface area is 210 Å². The molecule has 2 aromatic carbocycles. The summed E-state index contributed by atoms with van der Waals surface area (Å²) >= 11 is 1.63. The number of aromatic nitrogens is 1. The van der Waals surface area contributed by atoms with Gasteiger partial charge in [0.05, 0.1) is 15.7 Å². The van der Waals surface area contributed by atoms with E-state index < -0.39 is 18.0 Å². The normalized spacial score (nSPS) is 23.3. The highest BCUT2D eigenvalue weighted by atomic mass is 32.1. The first-order valence-electron chi connectivity index (χ1n) is 12.0. The molecular weight excluding hydrogens is 480 g/mol. The number of fused-ring (bicyclic) bond motifs is 2. The van der Waals surface area contributed by atoms with Crippen LogP contribution in [0.5, 0.6) is 0 Å². The molecule has 0 radical (unpaired) electrons. The lowest BCUT2D eigenvalue weighted by molar-refractivity contribution is -0.136. The third-order valence-electron chi connectivity index (χ3n) is 7.25. The van der Waals surface area contributed by atoms with Gasteiger partial charge in [-0.15, -0.1) is 11.3 Å². The number of rotatable bonds is 5. The minimum atomic E-state index is -0.651. The van der Waals surface area contributed by atoms with Crippen LogP contribution in [0.15, 0.2) is 41.9 Å². The molecule has 0 bridgehead atoms. The van der Waals surface area contributed by atoms with Gasteiger partial charge in [-0.05, 0) is 54.0 Å². The van der Waals surface area contributed by atoms with Gasteiger partial charge in [-0.1, -0.05) is 24.3 Å². The van der Waals surface area contributed by atoms with E-state index in [0.29, 0.717) is 30.0 Å². The number of carbonyl (C=O) groups excluding carboxylic acids is 4. The molecule has 3 aliphatic rings. The third-order valence-corrected chi connectivity index (χ3v) is 8.05. The van der Waals surface area contributed by atoms with Crippen molar-refractivity contribution < 1.29 is 23.9 Å². The zero-order valence-electron chi connectivity index (χ0n) is 19.4. The van der Waals surface area contributed by atoms with Gasteiger partial charge in [0.25, 0.3) is 5.91 Å². The van der Waals surface area contributed by atoms with E-state index in [1.165, 1.54) is 15.2 Å². The van der Waals surface area contributed by atoms with Crippen molar-refractivity contribution in [2.75, 3.05) is 0 Å². The molecular formula is C26H24N4O5S. The standard InChI is InChI=1S/C26H24N4O5S/c31-22-7-6-20(24(32)29-22)30-11-15-5-4-14(8-19(15)25(30)33)12-35-26(34)28-17-9-16(10-17)18-2-1-3-21-23(18)27-13-36-21/h1-5,8,13,16-17,20H,6-7,9-12H2,(H,28,34)(H,29,31,32). The molecule has 1 saturated heterocycles. The fraction of sp³-hybridized carbons (Fsp3) is 0.346. The molecule has 2 aliphatic heterocycles. The third kappa shape index (κ3) is 4.11. The number of para-hydroxylation sites is 1. The number of thiazole rings is 1. The summed E-state index contributed by atoms with van der Waals surface area (Å²) in [5.74, 6) is -0.626. The number of amides is 4. The van der Waals surface area contributed by atoms with Crippen molar-refractivity contribution in [2.45, 2.75) is 56.8 Å². The number of alkyl carbamates (subject to hydrolysis) is 1. The zero-order valence-corrected chi connectivity index (χ0v) is 20.2. The summed E-state index contributed by atoms with van der Waals surface area (Å²) in [6.45, 7) is 0.360. The summed E-state index contributed by atoms with van der Waals surface area (Å²) in [4.78, 5) is 54.9. The molecule has 1 aromatic heterocycles. The molecule has 0 spiro atoms. The van der Waals surface area contributed by atoms with Gasteiger partial charge in [0.1, 0.15) is 12.6 Å². The maximum absolute atomic E-state index is 13.0. The van der Waals surface area contributed by atoms with E-state index in [1.54, 1.807) is 17.4 Å². The molecule has 1 atom stereocenters. The summed E-state index contributed by atoms with van der Waals surface area (Å²) in [7, 11) is 0. The number of carbonyl (C=O) groups is 4. The molecule has 6 rings (SSSR count). The summed E-state index contributed by atoms with van der Waals surface area (Å²) in [5.41, 5.74) is 6.15. The molecule has 1 aliphatic carbocycles. The number of ether oxygens (including phenoxy) is 1. The van der Waals surface area contributed by atoms with E-state index in [0.717, 1.165) is 23.9 Å². The number of nitrogens with zero attached hydrogens (tertiary/aromatic N) is 2. The second-order valence-corrected chi connectivity index (χ2v) is 10.4. The summed E-state index contributed by atoms with van der Waals surface area (Å²) in [6, 6.07) is 11.0. The van der Waals surface area contributed by atoms with Crippen molar-refractivity contribution >= 4 is 45.4 Å². The molecule has 3 aromatic rings. The molecule has 1 unspecified atom stereocenters. The van der Waals surface area contributed by atoms with Gasteiger partial charge in [-0.2, -0.15) is 0 Å². The van der Waals surface area contributed by atoms with Crippen molar-refractivity contribution in [3.63, 3.8) is 0 Å². The van der Waals surface area contributed by atoms with Crippen LogP contribution in [0.25, 0.3) is 10.2 Å². The minimum absolute atomic E-state index is 0.0408. The van der Waals surface area contributed by atoms with Gasteiger partial charge in [-0.3, -0.25) is 19.7 Å². The Hall–Kier alpha value is -3.79. The number of imide groups is 1. The molecule has 9 nitrogen and oxygen atoms in total. The lowest BCUT2D eigenvalue weighted by Crippen LogP contribution is -2.52. The van der Waals surface area contributed by atoms with E-state index in [-0.39, 0.29) is 30.9 Å². The Balaban J connectivity index is 1.01. The maximum Gasteiger partial charge on any atom is 0.407 e. The van der Waals surface area contributed by atoms with Crippen LogP contribution < -0.4 is 10.6 Å². The molecule has 2 fully saturated rings. The SMILES string of the molecule is O=C1CCC(N2Cc3ccc(COC(=O)NC4CC(c5cccc6scnc56)C4)cc3C2=O)C(=O)N1. The van der Waals surface area contributed by atoms with E-state index in [4.69, 9.17) is 4.74 Å². The van der Waals surface area contributed by atoms with Crippen LogP contribution in [0.4, 0.5) is 4.79 Å². The number of hydrogen-bond donors (Lipinski definition) is 2. The van der Waals surface area contributed by atoms with Gasteiger partial charge in [0.2, 0.25) is 11.8 Å². The highest BCUT2D eigenvalue weighted by molar-refractivity contribution is 7.16. The van der Waals surface area contributed by atoms with Crippen LogP contribution in [0.2, 0.25) is 0 Å². The Morgan fingerprint density at radius 2 is 2.06 bits per heavy atom. The Bertz CT molecular complexity index is 1400. The van der Waals surface area contributed by atoms with Crippen LogP contribution in [-0.2, 0) is 27.5 Å². The summed E-state index contributed by atoms with van der Waals surface area (Å²) in [6.07, 6.45) is 1.74. The fourth-order valence-corrected chi connectivity index (χ4v) is 5.99. The molecule has 2 N–H and O–H groups in total. The van der Waals surface area contributed by atoms with Crippen LogP contribution in [0.3, 0.4) is 0 Å². The molecule has 184 valence electrons. The molecule has 4 amide bonds. The number of hydrogen-bond acceptors (Lipinski definition) is 7. The zero-order chi connectivity index (χ0) is 24.8. The van der Waals surface area contributed by atoms with E-state index in [9.17, 15) is 19.2 Å². The number of benzene rings is 2. The van der Waals surface area contributed by atoms with Gasteiger partial charge < -0.3 is 15.0 Å².